The van der Waals surface area contributed by atoms with E-state index in [9.17, 15) is 9.59 Å². The van der Waals surface area contributed by atoms with Crippen molar-refractivity contribution in [1.82, 2.24) is 0 Å². The lowest BCUT2D eigenvalue weighted by Gasteiger charge is -2.08. The highest BCUT2D eigenvalue weighted by molar-refractivity contribution is 6.34. The Kier molecular flexibility index (Phi) is 5.83. The normalized spacial score (nSPS) is 10.5. The number of hydrogen-bond donors (Lipinski definition) is 1. The molecule has 19 heavy (non-hydrogen) atoms. The lowest BCUT2D eigenvalue weighted by molar-refractivity contribution is -0.139. The van der Waals surface area contributed by atoms with Gasteiger partial charge in [-0.05, 0) is 30.5 Å². The number of Topliss-reactive ketones (excluding diaryl/α,β-unsaturated/α-hetero) is 1. The maximum Gasteiger partial charge on any atom is 0.341 e. The monoisotopic (exact) mass is 284 g/mol. The summed E-state index contributed by atoms with van der Waals surface area (Å²) in [4.78, 5) is 22.3. The zero-order chi connectivity index (χ0) is 14.4. The van der Waals surface area contributed by atoms with Crippen molar-refractivity contribution < 1.29 is 19.4 Å². The van der Waals surface area contributed by atoms with Crippen LogP contribution in [-0.2, 0) is 4.79 Å². The predicted molar refractivity (Wildman–Crippen MR) is 73.0 cm³/mol. The summed E-state index contributed by atoms with van der Waals surface area (Å²) in [6, 6.07) is 4.59. The van der Waals surface area contributed by atoms with Crippen LogP contribution in [0, 0.1) is 5.92 Å². The first kappa shape index (κ1) is 15.5. The molecule has 4 nitrogen and oxygen atoms in total. The van der Waals surface area contributed by atoms with Crippen LogP contribution in [0.1, 0.15) is 37.0 Å². The molecule has 1 aromatic carbocycles. The van der Waals surface area contributed by atoms with Gasteiger partial charge in [0.1, 0.15) is 5.75 Å². The van der Waals surface area contributed by atoms with Crippen molar-refractivity contribution in [2.45, 2.75) is 26.7 Å². The number of ketones is 1. The summed E-state index contributed by atoms with van der Waals surface area (Å²) in [6.07, 6.45) is 1.26. The molecule has 0 aliphatic heterocycles. The molecule has 0 saturated heterocycles. The second-order valence-corrected chi connectivity index (χ2v) is 5.09. The van der Waals surface area contributed by atoms with E-state index < -0.39 is 12.6 Å². The van der Waals surface area contributed by atoms with Crippen LogP contribution in [0.4, 0.5) is 0 Å². The molecule has 0 amide bonds. The molecule has 1 N–H and O–H groups in total. The van der Waals surface area contributed by atoms with E-state index in [1.165, 1.54) is 6.07 Å². The smallest absolute Gasteiger partial charge is 0.341 e. The number of carbonyl (C=O) groups is 2. The SMILES string of the molecule is CC(C)CCC(=O)c1ccc(OCC(=O)O)cc1Cl. The molecule has 0 aliphatic carbocycles. The highest BCUT2D eigenvalue weighted by Gasteiger charge is 2.12. The van der Waals surface area contributed by atoms with Crippen molar-refractivity contribution in [3.05, 3.63) is 28.8 Å². The average molecular weight is 285 g/mol. The second kappa shape index (κ2) is 7.14. The Morgan fingerprint density at radius 1 is 1.37 bits per heavy atom. The van der Waals surface area contributed by atoms with Crippen LogP contribution in [0.2, 0.25) is 5.02 Å². The van der Waals surface area contributed by atoms with Crippen LogP contribution in [0.3, 0.4) is 0 Å². The Morgan fingerprint density at radius 3 is 2.58 bits per heavy atom. The van der Waals surface area contributed by atoms with E-state index in [4.69, 9.17) is 21.4 Å². The fourth-order valence-corrected chi connectivity index (χ4v) is 1.79. The van der Waals surface area contributed by atoms with Gasteiger partial charge in [-0.2, -0.15) is 0 Å². The minimum atomic E-state index is -1.06. The van der Waals surface area contributed by atoms with Crippen LogP contribution >= 0.6 is 11.6 Å². The Labute approximate surface area is 117 Å². The van der Waals surface area contributed by atoms with E-state index in [0.717, 1.165) is 6.42 Å². The van der Waals surface area contributed by atoms with Gasteiger partial charge in [0, 0.05) is 12.0 Å². The van der Waals surface area contributed by atoms with Crippen molar-refractivity contribution >= 4 is 23.4 Å². The first-order valence-electron chi connectivity index (χ1n) is 6.07. The number of carboxylic acids is 1. The van der Waals surface area contributed by atoms with Crippen LogP contribution in [0.5, 0.6) is 5.75 Å². The quantitative estimate of drug-likeness (QED) is 0.779. The van der Waals surface area contributed by atoms with E-state index in [-0.39, 0.29) is 10.8 Å². The van der Waals surface area contributed by atoms with Gasteiger partial charge in [0.25, 0.3) is 0 Å². The van der Waals surface area contributed by atoms with Gasteiger partial charge >= 0.3 is 5.97 Å². The molecule has 0 atom stereocenters. The number of hydrogen-bond acceptors (Lipinski definition) is 3. The lowest BCUT2D eigenvalue weighted by atomic mass is 10.0. The maximum absolute atomic E-state index is 11.9. The number of carboxylic acid groups (broad SMARTS) is 1. The van der Waals surface area contributed by atoms with Gasteiger partial charge in [-0.3, -0.25) is 4.79 Å². The van der Waals surface area contributed by atoms with Gasteiger partial charge in [-0.15, -0.1) is 0 Å². The summed E-state index contributed by atoms with van der Waals surface area (Å²) >= 11 is 6.01. The molecular weight excluding hydrogens is 268 g/mol. The van der Waals surface area contributed by atoms with Crippen LogP contribution < -0.4 is 4.74 Å². The van der Waals surface area contributed by atoms with E-state index in [0.29, 0.717) is 23.7 Å². The lowest BCUT2D eigenvalue weighted by Crippen LogP contribution is -2.09. The molecular formula is C14H17ClO4. The third-order valence-electron chi connectivity index (χ3n) is 2.55. The highest BCUT2D eigenvalue weighted by atomic mass is 35.5. The summed E-state index contributed by atoms with van der Waals surface area (Å²) < 4.78 is 4.99. The molecule has 0 saturated carbocycles. The third kappa shape index (κ3) is 5.30. The summed E-state index contributed by atoms with van der Waals surface area (Å²) in [6.45, 7) is 3.67. The molecule has 1 aromatic rings. The number of aliphatic carboxylic acids is 1. The van der Waals surface area contributed by atoms with E-state index in [1.54, 1.807) is 12.1 Å². The van der Waals surface area contributed by atoms with E-state index in [1.807, 2.05) is 0 Å². The van der Waals surface area contributed by atoms with Crippen molar-refractivity contribution in [1.29, 1.82) is 0 Å². The van der Waals surface area contributed by atoms with E-state index >= 15 is 0 Å². The van der Waals surface area contributed by atoms with Gasteiger partial charge < -0.3 is 9.84 Å². The van der Waals surface area contributed by atoms with Gasteiger partial charge in [0.15, 0.2) is 12.4 Å². The molecule has 0 heterocycles. The largest absolute Gasteiger partial charge is 0.482 e. The van der Waals surface area contributed by atoms with Gasteiger partial charge in [-0.25, -0.2) is 4.79 Å². The first-order valence-corrected chi connectivity index (χ1v) is 6.45. The van der Waals surface area contributed by atoms with Gasteiger partial charge in [0.05, 0.1) is 5.02 Å². The molecule has 0 fully saturated rings. The van der Waals surface area contributed by atoms with Crippen molar-refractivity contribution in [3.63, 3.8) is 0 Å². The number of rotatable bonds is 7. The molecule has 0 unspecified atom stereocenters. The highest BCUT2D eigenvalue weighted by Crippen LogP contribution is 2.24. The fraction of sp³-hybridized carbons (Fsp3) is 0.429. The molecule has 0 bridgehead atoms. The van der Waals surface area contributed by atoms with E-state index in [2.05, 4.69) is 13.8 Å². The minimum absolute atomic E-state index is 0.0107. The maximum atomic E-state index is 11.9. The van der Waals surface area contributed by atoms with Crippen LogP contribution in [-0.4, -0.2) is 23.5 Å². The Morgan fingerprint density at radius 2 is 2.05 bits per heavy atom. The Balaban J connectivity index is 2.71. The number of benzene rings is 1. The van der Waals surface area contributed by atoms with Gasteiger partial charge in [-0.1, -0.05) is 25.4 Å². The summed E-state index contributed by atoms with van der Waals surface area (Å²) in [5, 5.41) is 8.79. The molecule has 0 aromatic heterocycles. The summed E-state index contributed by atoms with van der Waals surface area (Å²) in [5.74, 6) is -0.273. The van der Waals surface area contributed by atoms with Gasteiger partial charge in [0.2, 0.25) is 0 Å². The Bertz CT molecular complexity index is 469. The molecule has 1 rings (SSSR count). The van der Waals surface area contributed by atoms with Crippen molar-refractivity contribution in [3.8, 4) is 5.75 Å². The summed E-state index contributed by atoms with van der Waals surface area (Å²) in [5.41, 5.74) is 0.449. The van der Waals surface area contributed by atoms with Crippen molar-refractivity contribution in [2.24, 2.45) is 5.92 Å². The number of halogens is 1. The first-order chi connectivity index (χ1) is 8.90. The standard InChI is InChI=1S/C14H17ClO4/c1-9(2)3-6-13(16)11-5-4-10(7-12(11)15)19-8-14(17)18/h4-5,7,9H,3,6,8H2,1-2H3,(H,17,18). The zero-order valence-electron chi connectivity index (χ0n) is 11.0. The molecule has 0 aliphatic rings. The molecule has 0 spiro atoms. The fourth-order valence-electron chi connectivity index (χ4n) is 1.51. The van der Waals surface area contributed by atoms with Crippen LogP contribution in [0.25, 0.3) is 0 Å². The van der Waals surface area contributed by atoms with Crippen LogP contribution in [0.15, 0.2) is 18.2 Å². The van der Waals surface area contributed by atoms with Crippen molar-refractivity contribution in [2.75, 3.05) is 6.61 Å². The number of ether oxygens (including phenoxy) is 1. The second-order valence-electron chi connectivity index (χ2n) is 4.68. The molecule has 5 heteroatoms. The minimum Gasteiger partial charge on any atom is -0.482 e. The topological polar surface area (TPSA) is 63.6 Å². The predicted octanol–water partition coefficient (Wildman–Crippen LogP) is 3.42. The third-order valence-corrected chi connectivity index (χ3v) is 2.86. The number of carbonyl (C=O) groups excluding carboxylic acids is 1. The zero-order valence-corrected chi connectivity index (χ0v) is 11.7. The average Bonchev–Trinajstić information content (AvgIpc) is 2.33. The molecule has 0 radical (unpaired) electrons. The Hall–Kier alpha value is -1.55. The molecule has 104 valence electrons. The summed E-state index contributed by atoms with van der Waals surface area (Å²) in [7, 11) is 0.